The van der Waals surface area contributed by atoms with E-state index in [2.05, 4.69) is 17.1 Å². The lowest BCUT2D eigenvalue weighted by Crippen LogP contribution is -2.43. The van der Waals surface area contributed by atoms with Crippen LogP contribution in [0.5, 0.6) is 0 Å². The Kier molecular flexibility index (Phi) is 5.51. The first kappa shape index (κ1) is 15.0. The van der Waals surface area contributed by atoms with E-state index >= 15 is 0 Å². The number of hydrogen-bond acceptors (Lipinski definition) is 3. The molecule has 1 heterocycles. The molecule has 3 nitrogen and oxygen atoms in total. The standard InChI is InChI=1S/C16H22FN3/c1-2-7-20(16-3-5-19-6-4-16)12-14-8-13(11-18)9-15(17)10-14/h8-10,16,19H,2-7,12H2,1H3. The van der Waals surface area contributed by atoms with Crippen LogP contribution in [0.15, 0.2) is 18.2 Å². The van der Waals surface area contributed by atoms with Crippen LogP contribution < -0.4 is 5.32 Å². The van der Waals surface area contributed by atoms with Crippen LogP contribution in [0.3, 0.4) is 0 Å². The molecule has 0 radical (unpaired) electrons. The Morgan fingerprint density at radius 3 is 2.75 bits per heavy atom. The van der Waals surface area contributed by atoms with E-state index in [0.717, 1.165) is 51.0 Å². The molecule has 20 heavy (non-hydrogen) atoms. The average molecular weight is 275 g/mol. The zero-order chi connectivity index (χ0) is 14.4. The zero-order valence-electron chi connectivity index (χ0n) is 12.0. The van der Waals surface area contributed by atoms with Gasteiger partial charge in [-0.05, 0) is 62.7 Å². The topological polar surface area (TPSA) is 39.1 Å². The number of nitriles is 1. The molecule has 1 aromatic rings. The molecule has 1 aliphatic rings. The summed E-state index contributed by atoms with van der Waals surface area (Å²) in [7, 11) is 0. The predicted molar refractivity (Wildman–Crippen MR) is 77.7 cm³/mol. The molecule has 1 fully saturated rings. The minimum absolute atomic E-state index is 0.319. The highest BCUT2D eigenvalue weighted by molar-refractivity contribution is 5.33. The molecule has 0 aromatic heterocycles. The third kappa shape index (κ3) is 4.03. The fraction of sp³-hybridized carbons (Fsp3) is 0.562. The van der Waals surface area contributed by atoms with Crippen LogP contribution >= 0.6 is 0 Å². The molecule has 0 bridgehead atoms. The van der Waals surface area contributed by atoms with Crippen LogP contribution in [0, 0.1) is 17.1 Å². The van der Waals surface area contributed by atoms with Gasteiger partial charge in [-0.2, -0.15) is 5.26 Å². The molecule has 1 aromatic carbocycles. The summed E-state index contributed by atoms with van der Waals surface area (Å²) in [6, 6.07) is 7.22. The van der Waals surface area contributed by atoms with Gasteiger partial charge in [-0.3, -0.25) is 4.90 Å². The maximum Gasteiger partial charge on any atom is 0.124 e. The fourth-order valence-electron chi connectivity index (χ4n) is 2.89. The van der Waals surface area contributed by atoms with Crippen LogP contribution in [0.1, 0.15) is 37.3 Å². The van der Waals surface area contributed by atoms with Crippen LogP contribution in [0.2, 0.25) is 0 Å². The first-order chi connectivity index (χ1) is 9.72. The van der Waals surface area contributed by atoms with E-state index in [1.807, 2.05) is 6.07 Å². The first-order valence-electron chi connectivity index (χ1n) is 7.37. The lowest BCUT2D eigenvalue weighted by Gasteiger charge is -2.34. The second kappa shape index (κ2) is 7.37. The average Bonchev–Trinajstić information content (AvgIpc) is 2.47. The molecule has 0 spiro atoms. The highest BCUT2D eigenvalue weighted by Gasteiger charge is 2.20. The summed E-state index contributed by atoms with van der Waals surface area (Å²) in [4.78, 5) is 2.43. The Morgan fingerprint density at radius 1 is 1.35 bits per heavy atom. The molecular formula is C16H22FN3. The van der Waals surface area contributed by atoms with Crippen LogP contribution in [-0.2, 0) is 6.54 Å². The molecule has 2 rings (SSSR count). The number of hydrogen-bond donors (Lipinski definition) is 1. The van der Waals surface area contributed by atoms with Crippen molar-refractivity contribution in [3.05, 3.63) is 35.1 Å². The van der Waals surface area contributed by atoms with Gasteiger partial charge < -0.3 is 5.32 Å². The molecule has 0 saturated carbocycles. The molecule has 0 atom stereocenters. The monoisotopic (exact) mass is 275 g/mol. The third-order valence-corrected chi connectivity index (χ3v) is 3.81. The smallest absolute Gasteiger partial charge is 0.124 e. The Balaban J connectivity index is 2.10. The Morgan fingerprint density at radius 2 is 2.10 bits per heavy atom. The number of benzene rings is 1. The van der Waals surface area contributed by atoms with Crippen molar-refractivity contribution in [2.24, 2.45) is 0 Å². The molecule has 0 amide bonds. The molecule has 4 heteroatoms. The maximum absolute atomic E-state index is 13.5. The predicted octanol–water partition coefficient (Wildman–Crippen LogP) is 2.66. The van der Waals surface area contributed by atoms with Crippen LogP contribution in [0.25, 0.3) is 0 Å². The van der Waals surface area contributed by atoms with Gasteiger partial charge in [0.2, 0.25) is 0 Å². The molecule has 1 aliphatic heterocycles. The van der Waals surface area contributed by atoms with Crippen molar-refractivity contribution >= 4 is 0 Å². The largest absolute Gasteiger partial charge is 0.317 e. The van der Waals surface area contributed by atoms with Crippen molar-refractivity contribution in [3.8, 4) is 6.07 Å². The van der Waals surface area contributed by atoms with Gasteiger partial charge in [-0.1, -0.05) is 6.92 Å². The van der Waals surface area contributed by atoms with Gasteiger partial charge >= 0.3 is 0 Å². The third-order valence-electron chi connectivity index (χ3n) is 3.81. The van der Waals surface area contributed by atoms with E-state index in [4.69, 9.17) is 5.26 Å². The fourth-order valence-corrected chi connectivity index (χ4v) is 2.89. The van der Waals surface area contributed by atoms with E-state index in [1.54, 1.807) is 12.1 Å². The second-order valence-electron chi connectivity index (χ2n) is 5.41. The summed E-state index contributed by atoms with van der Waals surface area (Å²) in [5.41, 5.74) is 1.30. The number of halogens is 1. The van der Waals surface area contributed by atoms with Crippen molar-refractivity contribution < 1.29 is 4.39 Å². The van der Waals surface area contributed by atoms with Gasteiger partial charge in [0.05, 0.1) is 11.6 Å². The quantitative estimate of drug-likeness (QED) is 0.898. The van der Waals surface area contributed by atoms with Crippen molar-refractivity contribution in [3.63, 3.8) is 0 Å². The SMILES string of the molecule is CCCN(Cc1cc(F)cc(C#N)c1)C1CCNCC1. The Bertz CT molecular complexity index is 475. The minimum Gasteiger partial charge on any atom is -0.317 e. The second-order valence-corrected chi connectivity index (χ2v) is 5.41. The summed E-state index contributed by atoms with van der Waals surface area (Å²) in [5.74, 6) is -0.319. The normalized spacial score (nSPS) is 16.3. The van der Waals surface area contributed by atoms with Crippen molar-refractivity contribution in [2.75, 3.05) is 19.6 Å². The van der Waals surface area contributed by atoms with Crippen LogP contribution in [0.4, 0.5) is 4.39 Å². The summed E-state index contributed by atoms with van der Waals surface area (Å²) >= 11 is 0. The Labute approximate surface area is 120 Å². The number of rotatable bonds is 5. The minimum atomic E-state index is -0.319. The van der Waals surface area contributed by atoms with Gasteiger partial charge in [0.15, 0.2) is 0 Å². The van der Waals surface area contributed by atoms with E-state index in [0.29, 0.717) is 11.6 Å². The zero-order valence-corrected chi connectivity index (χ0v) is 12.0. The molecular weight excluding hydrogens is 253 g/mol. The molecule has 108 valence electrons. The lowest BCUT2D eigenvalue weighted by molar-refractivity contribution is 0.154. The summed E-state index contributed by atoms with van der Waals surface area (Å²) in [5, 5.41) is 12.3. The van der Waals surface area contributed by atoms with E-state index in [9.17, 15) is 4.39 Å². The van der Waals surface area contributed by atoms with E-state index in [-0.39, 0.29) is 5.82 Å². The van der Waals surface area contributed by atoms with Gasteiger partial charge in [-0.15, -0.1) is 0 Å². The van der Waals surface area contributed by atoms with Crippen molar-refractivity contribution in [1.29, 1.82) is 5.26 Å². The number of nitrogens with one attached hydrogen (secondary N) is 1. The summed E-state index contributed by atoms with van der Waals surface area (Å²) in [6.07, 6.45) is 3.37. The highest BCUT2D eigenvalue weighted by atomic mass is 19.1. The van der Waals surface area contributed by atoms with Crippen molar-refractivity contribution in [1.82, 2.24) is 10.2 Å². The highest BCUT2D eigenvalue weighted by Crippen LogP contribution is 2.17. The number of piperidine rings is 1. The molecule has 1 N–H and O–H groups in total. The molecule has 0 unspecified atom stereocenters. The summed E-state index contributed by atoms with van der Waals surface area (Å²) < 4.78 is 13.5. The van der Waals surface area contributed by atoms with Crippen LogP contribution in [-0.4, -0.2) is 30.6 Å². The lowest BCUT2D eigenvalue weighted by atomic mass is 10.0. The maximum atomic E-state index is 13.5. The van der Waals surface area contributed by atoms with Gasteiger partial charge in [0, 0.05) is 12.6 Å². The molecule has 1 saturated heterocycles. The number of nitrogens with zero attached hydrogens (tertiary/aromatic N) is 2. The molecule has 0 aliphatic carbocycles. The van der Waals surface area contributed by atoms with Crippen molar-refractivity contribution in [2.45, 2.75) is 38.8 Å². The first-order valence-corrected chi connectivity index (χ1v) is 7.37. The van der Waals surface area contributed by atoms with E-state index in [1.165, 1.54) is 6.07 Å². The summed E-state index contributed by atoms with van der Waals surface area (Å²) in [6.45, 7) is 6.02. The van der Waals surface area contributed by atoms with Gasteiger partial charge in [0.25, 0.3) is 0 Å². The Hall–Kier alpha value is -1.44. The van der Waals surface area contributed by atoms with Gasteiger partial charge in [0.1, 0.15) is 5.82 Å². The van der Waals surface area contributed by atoms with E-state index < -0.39 is 0 Å². The van der Waals surface area contributed by atoms with Gasteiger partial charge in [-0.25, -0.2) is 4.39 Å².